The Balaban J connectivity index is 2.52. The number of hydrogen-bond acceptors (Lipinski definition) is 5. The lowest BCUT2D eigenvalue weighted by Crippen LogP contribution is -2.46. The molecule has 2 amide bonds. The van der Waals surface area contributed by atoms with Crippen LogP contribution < -0.4 is 10.1 Å². The zero-order valence-electron chi connectivity index (χ0n) is 15.4. The monoisotopic (exact) mass is 426 g/mol. The second-order valence-corrected chi connectivity index (χ2v) is 7.34. The first-order valence-electron chi connectivity index (χ1n) is 8.15. The molecule has 0 fully saturated rings. The number of methoxy groups -OCH3 is 1. The maximum atomic E-state index is 12.7. The molecule has 26 heavy (non-hydrogen) atoms. The fraction of sp³-hybridized carbons (Fsp3) is 0.444. The number of urea groups is 1. The van der Waals surface area contributed by atoms with Gasteiger partial charge in [-0.15, -0.1) is 0 Å². The van der Waals surface area contributed by atoms with Gasteiger partial charge in [0.05, 0.1) is 29.8 Å². The number of carbonyl (C=O) groups excluding carboxylic acids is 2. The predicted octanol–water partition coefficient (Wildman–Crippen LogP) is 3.33. The van der Waals surface area contributed by atoms with Crippen LogP contribution in [0.3, 0.4) is 0 Å². The number of nitrogens with one attached hydrogen (secondary N) is 1. The third-order valence-electron chi connectivity index (χ3n) is 4.13. The van der Waals surface area contributed by atoms with Gasteiger partial charge in [0.25, 0.3) is 0 Å². The number of amides is 2. The van der Waals surface area contributed by atoms with Gasteiger partial charge in [-0.05, 0) is 46.5 Å². The van der Waals surface area contributed by atoms with Crippen LogP contribution in [0.1, 0.15) is 32.4 Å². The molecule has 0 saturated carbocycles. The molecule has 0 saturated heterocycles. The molecule has 1 heterocycles. The van der Waals surface area contributed by atoms with Gasteiger partial charge < -0.3 is 24.8 Å². The van der Waals surface area contributed by atoms with E-state index < -0.39 is 12.0 Å². The molecule has 1 aliphatic rings. The number of benzene rings is 1. The van der Waals surface area contributed by atoms with Crippen LogP contribution in [-0.4, -0.2) is 42.8 Å². The average Bonchev–Trinajstić information content (AvgIpc) is 2.59. The zero-order valence-corrected chi connectivity index (χ0v) is 17.0. The van der Waals surface area contributed by atoms with Crippen molar-refractivity contribution < 1.29 is 24.2 Å². The lowest BCUT2D eigenvalue weighted by molar-refractivity contribution is -0.140. The highest BCUT2D eigenvalue weighted by molar-refractivity contribution is 9.10. The van der Waals surface area contributed by atoms with Crippen LogP contribution in [0.4, 0.5) is 4.79 Å². The molecule has 2 rings (SSSR count). The number of carbonyl (C=O) groups is 2. The molecule has 0 bridgehead atoms. The Labute approximate surface area is 161 Å². The Hall–Kier alpha value is -2.22. The minimum Gasteiger partial charge on any atom is -0.503 e. The van der Waals surface area contributed by atoms with E-state index in [2.05, 4.69) is 21.2 Å². The third kappa shape index (κ3) is 3.95. The maximum absolute atomic E-state index is 12.7. The lowest BCUT2D eigenvalue weighted by Gasteiger charge is -2.33. The highest BCUT2D eigenvalue weighted by atomic mass is 79.9. The van der Waals surface area contributed by atoms with Crippen molar-refractivity contribution in [3.8, 4) is 11.5 Å². The molecule has 0 spiro atoms. The number of phenols is 1. The van der Waals surface area contributed by atoms with E-state index in [1.807, 2.05) is 13.8 Å². The number of halogens is 1. The average molecular weight is 427 g/mol. The molecule has 2 N–H and O–H groups in total. The summed E-state index contributed by atoms with van der Waals surface area (Å²) in [4.78, 5) is 26.3. The van der Waals surface area contributed by atoms with Crippen molar-refractivity contribution in [3.63, 3.8) is 0 Å². The molecule has 1 aromatic rings. The Bertz CT molecular complexity index is 760. The van der Waals surface area contributed by atoms with Gasteiger partial charge in [-0.3, -0.25) is 0 Å². The standard InChI is InChI=1S/C18H23BrN2O5/c1-9(2)8-26-17(23)14-10(3)21(4)18(24)20-15(14)11-6-12(19)16(22)13(7-11)25-5/h6-7,9,15,22H,8H2,1-5H3,(H,20,24)/t15-/m0/s1. The summed E-state index contributed by atoms with van der Waals surface area (Å²) in [5.41, 5.74) is 1.44. The molecule has 1 aliphatic heterocycles. The second kappa shape index (κ2) is 7.99. The Morgan fingerprint density at radius 3 is 2.65 bits per heavy atom. The van der Waals surface area contributed by atoms with Gasteiger partial charge in [0.2, 0.25) is 0 Å². The van der Waals surface area contributed by atoms with Gasteiger partial charge in [0, 0.05) is 12.7 Å². The molecule has 0 unspecified atom stereocenters. The number of allylic oxidation sites excluding steroid dienone is 1. The summed E-state index contributed by atoms with van der Waals surface area (Å²) in [6, 6.07) is 2.16. The van der Waals surface area contributed by atoms with Crippen molar-refractivity contribution in [3.05, 3.63) is 33.4 Å². The van der Waals surface area contributed by atoms with E-state index in [0.29, 0.717) is 21.3 Å². The number of rotatable bonds is 5. The van der Waals surface area contributed by atoms with E-state index in [0.717, 1.165) is 0 Å². The minimum absolute atomic E-state index is 0.0554. The number of ether oxygens (including phenoxy) is 2. The fourth-order valence-electron chi connectivity index (χ4n) is 2.59. The number of esters is 1. The molecular weight excluding hydrogens is 404 g/mol. The van der Waals surface area contributed by atoms with Crippen LogP contribution in [-0.2, 0) is 9.53 Å². The second-order valence-electron chi connectivity index (χ2n) is 6.49. The lowest BCUT2D eigenvalue weighted by atomic mass is 9.94. The zero-order chi connectivity index (χ0) is 19.6. The van der Waals surface area contributed by atoms with Crippen molar-refractivity contribution in [2.75, 3.05) is 20.8 Å². The molecule has 8 heteroatoms. The van der Waals surface area contributed by atoms with E-state index >= 15 is 0 Å². The maximum Gasteiger partial charge on any atom is 0.338 e. The van der Waals surface area contributed by atoms with Gasteiger partial charge in [-0.25, -0.2) is 9.59 Å². The van der Waals surface area contributed by atoms with Crippen LogP contribution in [0.5, 0.6) is 11.5 Å². The SMILES string of the molecule is COc1cc([C@@H]2NC(=O)N(C)C(C)=C2C(=O)OCC(C)C)cc(Br)c1O. The number of aromatic hydroxyl groups is 1. The summed E-state index contributed by atoms with van der Waals surface area (Å²) in [6.45, 7) is 5.87. The van der Waals surface area contributed by atoms with E-state index in [-0.39, 0.29) is 30.1 Å². The highest BCUT2D eigenvalue weighted by Gasteiger charge is 2.35. The summed E-state index contributed by atoms with van der Waals surface area (Å²) in [6.07, 6.45) is 0. The van der Waals surface area contributed by atoms with Gasteiger partial charge in [-0.1, -0.05) is 13.8 Å². The van der Waals surface area contributed by atoms with E-state index in [1.54, 1.807) is 26.1 Å². The summed E-state index contributed by atoms with van der Waals surface area (Å²) in [5.74, 6) is -0.122. The first-order chi connectivity index (χ1) is 12.2. The number of phenolic OH excluding ortho intramolecular Hbond substituents is 1. The van der Waals surface area contributed by atoms with Gasteiger partial charge in [0.1, 0.15) is 0 Å². The van der Waals surface area contributed by atoms with Crippen LogP contribution in [0.25, 0.3) is 0 Å². The van der Waals surface area contributed by atoms with Crippen LogP contribution in [0, 0.1) is 5.92 Å². The molecular formula is C18H23BrN2O5. The number of hydrogen-bond donors (Lipinski definition) is 2. The van der Waals surface area contributed by atoms with Crippen LogP contribution in [0.15, 0.2) is 27.9 Å². The highest BCUT2D eigenvalue weighted by Crippen LogP contribution is 2.40. The summed E-state index contributed by atoms with van der Waals surface area (Å²) < 4.78 is 11.0. The largest absolute Gasteiger partial charge is 0.503 e. The Kier molecular flexibility index (Phi) is 6.17. The van der Waals surface area contributed by atoms with Gasteiger partial charge in [0.15, 0.2) is 11.5 Å². The van der Waals surface area contributed by atoms with Crippen LogP contribution >= 0.6 is 15.9 Å². The normalized spacial score (nSPS) is 17.4. The van der Waals surface area contributed by atoms with E-state index in [4.69, 9.17) is 9.47 Å². The molecule has 1 aromatic carbocycles. The molecule has 1 atom stereocenters. The predicted molar refractivity (Wildman–Crippen MR) is 99.9 cm³/mol. The van der Waals surface area contributed by atoms with Gasteiger partial charge >= 0.3 is 12.0 Å². The van der Waals surface area contributed by atoms with Crippen molar-refractivity contribution in [1.82, 2.24) is 10.2 Å². The third-order valence-corrected chi connectivity index (χ3v) is 4.73. The van der Waals surface area contributed by atoms with Crippen molar-refractivity contribution in [1.29, 1.82) is 0 Å². The topological polar surface area (TPSA) is 88.1 Å². The fourth-order valence-corrected chi connectivity index (χ4v) is 3.05. The van der Waals surface area contributed by atoms with E-state index in [9.17, 15) is 14.7 Å². The molecule has 0 aliphatic carbocycles. The first-order valence-corrected chi connectivity index (χ1v) is 8.95. The Morgan fingerprint density at radius 1 is 1.42 bits per heavy atom. The van der Waals surface area contributed by atoms with Crippen molar-refractivity contribution >= 4 is 27.9 Å². The van der Waals surface area contributed by atoms with Crippen molar-refractivity contribution in [2.45, 2.75) is 26.8 Å². The summed E-state index contributed by atoms with van der Waals surface area (Å²) >= 11 is 3.27. The molecule has 0 aromatic heterocycles. The minimum atomic E-state index is -0.718. The first kappa shape index (κ1) is 20.1. The number of nitrogens with zero attached hydrogens (tertiary/aromatic N) is 1. The Morgan fingerprint density at radius 2 is 2.08 bits per heavy atom. The molecule has 7 nitrogen and oxygen atoms in total. The molecule has 142 valence electrons. The van der Waals surface area contributed by atoms with E-state index in [1.165, 1.54) is 12.0 Å². The van der Waals surface area contributed by atoms with Crippen molar-refractivity contribution in [2.24, 2.45) is 5.92 Å². The quantitative estimate of drug-likeness (QED) is 0.704. The smallest absolute Gasteiger partial charge is 0.338 e. The van der Waals surface area contributed by atoms with Gasteiger partial charge in [-0.2, -0.15) is 0 Å². The van der Waals surface area contributed by atoms with Crippen LogP contribution in [0.2, 0.25) is 0 Å². The summed E-state index contributed by atoms with van der Waals surface area (Å²) in [5, 5.41) is 12.8. The summed E-state index contributed by atoms with van der Waals surface area (Å²) in [7, 11) is 3.02. The molecule has 0 radical (unpaired) electrons.